The highest BCUT2D eigenvalue weighted by molar-refractivity contribution is 9.10. The van der Waals surface area contributed by atoms with Crippen LogP contribution in [0.4, 0.5) is 0 Å². The van der Waals surface area contributed by atoms with E-state index in [2.05, 4.69) is 26.0 Å². The SMILES string of the molecule is O=c1c2ccccc2nc(-c2ccccc2)n1N=Cc1ccc(O)c(Br)c1. The second-order valence-electron chi connectivity index (χ2n) is 5.89. The van der Waals surface area contributed by atoms with Gasteiger partial charge in [-0.2, -0.15) is 9.78 Å². The Morgan fingerprint density at radius 3 is 2.52 bits per heavy atom. The first-order chi connectivity index (χ1) is 13.1. The molecule has 0 aliphatic heterocycles. The first kappa shape index (κ1) is 17.2. The van der Waals surface area contributed by atoms with Crippen LogP contribution in [-0.4, -0.2) is 21.0 Å². The van der Waals surface area contributed by atoms with E-state index in [0.717, 1.165) is 11.1 Å². The molecule has 0 atom stereocenters. The van der Waals surface area contributed by atoms with E-state index in [1.165, 1.54) is 4.68 Å². The minimum absolute atomic E-state index is 0.140. The van der Waals surface area contributed by atoms with E-state index in [0.29, 0.717) is 21.2 Å². The number of rotatable bonds is 3. The van der Waals surface area contributed by atoms with Crippen molar-refractivity contribution in [2.24, 2.45) is 5.10 Å². The van der Waals surface area contributed by atoms with Gasteiger partial charge in [-0.15, -0.1) is 0 Å². The third-order valence-corrected chi connectivity index (χ3v) is 4.71. The Morgan fingerprint density at radius 1 is 1.00 bits per heavy atom. The van der Waals surface area contributed by atoms with Crippen LogP contribution in [0.15, 0.2) is 87.2 Å². The minimum atomic E-state index is -0.242. The molecule has 5 nitrogen and oxygen atoms in total. The van der Waals surface area contributed by atoms with Crippen molar-refractivity contribution in [1.82, 2.24) is 9.66 Å². The van der Waals surface area contributed by atoms with E-state index < -0.39 is 0 Å². The molecule has 1 aromatic heterocycles. The fourth-order valence-electron chi connectivity index (χ4n) is 2.73. The van der Waals surface area contributed by atoms with Gasteiger partial charge in [0, 0.05) is 5.56 Å². The molecule has 0 bridgehead atoms. The number of hydrogen-bond donors (Lipinski definition) is 1. The average Bonchev–Trinajstić information content (AvgIpc) is 2.70. The topological polar surface area (TPSA) is 67.5 Å². The molecular weight excluding hydrogens is 406 g/mol. The average molecular weight is 420 g/mol. The van der Waals surface area contributed by atoms with Gasteiger partial charge in [0.25, 0.3) is 5.56 Å². The predicted molar refractivity (Wildman–Crippen MR) is 110 cm³/mol. The van der Waals surface area contributed by atoms with Crippen LogP contribution in [0.5, 0.6) is 5.75 Å². The van der Waals surface area contributed by atoms with Crippen molar-refractivity contribution in [3.63, 3.8) is 0 Å². The van der Waals surface area contributed by atoms with Crippen molar-refractivity contribution in [2.75, 3.05) is 0 Å². The summed E-state index contributed by atoms with van der Waals surface area (Å²) in [6, 6.07) is 21.7. The first-order valence-electron chi connectivity index (χ1n) is 8.23. The molecule has 0 saturated carbocycles. The van der Waals surface area contributed by atoms with Gasteiger partial charge in [-0.05, 0) is 51.8 Å². The molecule has 0 fully saturated rings. The third-order valence-electron chi connectivity index (χ3n) is 4.08. The van der Waals surface area contributed by atoms with Gasteiger partial charge in [-0.3, -0.25) is 4.79 Å². The Morgan fingerprint density at radius 2 is 1.74 bits per heavy atom. The molecule has 0 amide bonds. The van der Waals surface area contributed by atoms with E-state index in [1.54, 1.807) is 36.5 Å². The highest BCUT2D eigenvalue weighted by atomic mass is 79.9. The molecule has 1 N–H and O–H groups in total. The Hall–Kier alpha value is -3.25. The van der Waals surface area contributed by atoms with Crippen molar-refractivity contribution in [2.45, 2.75) is 0 Å². The second-order valence-corrected chi connectivity index (χ2v) is 6.75. The lowest BCUT2D eigenvalue weighted by atomic mass is 10.2. The number of phenols is 1. The molecule has 4 aromatic rings. The lowest BCUT2D eigenvalue weighted by molar-refractivity contribution is 0.472. The molecule has 3 aromatic carbocycles. The second kappa shape index (κ2) is 7.17. The van der Waals surface area contributed by atoms with Crippen LogP contribution < -0.4 is 5.56 Å². The monoisotopic (exact) mass is 419 g/mol. The fourth-order valence-corrected chi connectivity index (χ4v) is 3.13. The smallest absolute Gasteiger partial charge is 0.282 e. The van der Waals surface area contributed by atoms with Crippen molar-refractivity contribution in [3.8, 4) is 17.1 Å². The Bertz CT molecular complexity index is 1220. The maximum absolute atomic E-state index is 13.0. The largest absolute Gasteiger partial charge is 0.507 e. The molecule has 0 aliphatic carbocycles. The number of halogens is 1. The summed E-state index contributed by atoms with van der Waals surface area (Å²) in [5, 5.41) is 14.5. The molecule has 0 saturated heterocycles. The van der Waals surface area contributed by atoms with Gasteiger partial charge < -0.3 is 5.11 Å². The van der Waals surface area contributed by atoms with Gasteiger partial charge >= 0.3 is 0 Å². The molecule has 132 valence electrons. The van der Waals surface area contributed by atoms with Crippen molar-refractivity contribution < 1.29 is 5.11 Å². The highest BCUT2D eigenvalue weighted by Crippen LogP contribution is 2.24. The van der Waals surface area contributed by atoms with Crippen LogP contribution in [0.2, 0.25) is 0 Å². The molecule has 1 heterocycles. The number of hydrogen-bond acceptors (Lipinski definition) is 4. The molecule has 0 radical (unpaired) electrons. The molecule has 27 heavy (non-hydrogen) atoms. The number of nitrogens with zero attached hydrogens (tertiary/aromatic N) is 3. The zero-order valence-corrected chi connectivity index (χ0v) is 15.7. The van der Waals surface area contributed by atoms with E-state index in [-0.39, 0.29) is 11.3 Å². The Balaban J connectivity index is 1.92. The van der Waals surface area contributed by atoms with Gasteiger partial charge in [0.2, 0.25) is 0 Å². The highest BCUT2D eigenvalue weighted by Gasteiger charge is 2.11. The summed E-state index contributed by atoms with van der Waals surface area (Å²) in [5.41, 5.74) is 1.91. The lowest BCUT2D eigenvalue weighted by Gasteiger charge is -2.09. The maximum Gasteiger partial charge on any atom is 0.282 e. The van der Waals surface area contributed by atoms with Gasteiger partial charge in [0.1, 0.15) is 5.75 Å². The minimum Gasteiger partial charge on any atom is -0.507 e. The van der Waals surface area contributed by atoms with Crippen LogP contribution in [0, 0.1) is 0 Å². The number of aromatic nitrogens is 2. The standard InChI is InChI=1S/C21H14BrN3O2/c22-17-12-14(10-11-19(17)26)13-23-25-20(15-6-2-1-3-7-15)24-18-9-5-4-8-16(18)21(25)27/h1-13,26H. The van der Waals surface area contributed by atoms with E-state index in [4.69, 9.17) is 0 Å². The quantitative estimate of drug-likeness (QED) is 0.499. The van der Waals surface area contributed by atoms with Crippen molar-refractivity contribution in [3.05, 3.63) is 93.2 Å². The molecule has 0 unspecified atom stereocenters. The van der Waals surface area contributed by atoms with Crippen LogP contribution in [0.25, 0.3) is 22.3 Å². The third kappa shape index (κ3) is 3.39. The van der Waals surface area contributed by atoms with Crippen LogP contribution >= 0.6 is 15.9 Å². The van der Waals surface area contributed by atoms with E-state index >= 15 is 0 Å². The Labute approximate surface area is 163 Å². The number of para-hydroxylation sites is 1. The molecular formula is C21H14BrN3O2. The fraction of sp³-hybridized carbons (Fsp3) is 0. The van der Waals surface area contributed by atoms with Gasteiger partial charge in [0.15, 0.2) is 5.82 Å². The van der Waals surface area contributed by atoms with E-state index in [1.807, 2.05) is 42.5 Å². The van der Waals surface area contributed by atoms with Crippen LogP contribution in [0.3, 0.4) is 0 Å². The molecule has 4 rings (SSSR count). The number of aromatic hydroxyl groups is 1. The lowest BCUT2D eigenvalue weighted by Crippen LogP contribution is -2.20. The summed E-state index contributed by atoms with van der Waals surface area (Å²) < 4.78 is 1.86. The zero-order valence-electron chi connectivity index (χ0n) is 14.1. The summed E-state index contributed by atoms with van der Waals surface area (Å²) in [5.74, 6) is 0.607. The van der Waals surface area contributed by atoms with E-state index in [9.17, 15) is 9.90 Å². The number of phenolic OH excluding ortho intramolecular Hbond substituents is 1. The van der Waals surface area contributed by atoms with Crippen LogP contribution in [0.1, 0.15) is 5.56 Å². The summed E-state index contributed by atoms with van der Waals surface area (Å²) in [6.07, 6.45) is 1.56. The van der Waals surface area contributed by atoms with Gasteiger partial charge in [-0.1, -0.05) is 42.5 Å². The number of fused-ring (bicyclic) bond motifs is 1. The van der Waals surface area contributed by atoms with Crippen molar-refractivity contribution in [1.29, 1.82) is 0 Å². The Kier molecular flexibility index (Phi) is 4.56. The molecule has 0 aliphatic rings. The van der Waals surface area contributed by atoms with Gasteiger partial charge in [0.05, 0.1) is 21.6 Å². The van der Waals surface area contributed by atoms with Gasteiger partial charge in [-0.25, -0.2) is 4.98 Å². The zero-order chi connectivity index (χ0) is 18.8. The number of benzene rings is 3. The maximum atomic E-state index is 13.0. The predicted octanol–water partition coefficient (Wildman–Crippen LogP) is 4.41. The first-order valence-corrected chi connectivity index (χ1v) is 9.03. The normalized spacial score (nSPS) is 11.3. The summed E-state index contributed by atoms with van der Waals surface area (Å²) in [6.45, 7) is 0. The summed E-state index contributed by atoms with van der Waals surface area (Å²) >= 11 is 3.28. The molecule has 6 heteroatoms. The van der Waals surface area contributed by atoms with Crippen LogP contribution in [-0.2, 0) is 0 Å². The summed E-state index contributed by atoms with van der Waals surface area (Å²) in [4.78, 5) is 17.7. The van der Waals surface area contributed by atoms with Crippen molar-refractivity contribution >= 4 is 33.0 Å². The molecule has 0 spiro atoms. The summed E-state index contributed by atoms with van der Waals surface area (Å²) in [7, 11) is 0.